The highest BCUT2D eigenvalue weighted by atomic mass is 32.5. The van der Waals surface area contributed by atoms with Crippen molar-refractivity contribution in [1.29, 1.82) is 0 Å². The normalized spacial score (nSPS) is 28.5. The highest BCUT2D eigenvalue weighted by Gasteiger charge is 2.47. The quantitative estimate of drug-likeness (QED) is 0.425. The van der Waals surface area contributed by atoms with Crippen molar-refractivity contribution in [2.45, 2.75) is 24.7 Å². The average molecular weight is 442 g/mol. The van der Waals surface area contributed by atoms with Gasteiger partial charge in [0.15, 0.2) is 0 Å². The van der Waals surface area contributed by atoms with Crippen LogP contribution in [0, 0.1) is 5.92 Å². The zero-order valence-electron chi connectivity index (χ0n) is 14.4. The summed E-state index contributed by atoms with van der Waals surface area (Å²) < 4.78 is 28.1. The average Bonchev–Trinajstić information content (AvgIpc) is 2.89. The van der Waals surface area contributed by atoms with E-state index in [1.807, 2.05) is 0 Å². The first kappa shape index (κ1) is 22.4. The van der Waals surface area contributed by atoms with E-state index in [2.05, 4.69) is 4.98 Å². The summed E-state index contributed by atoms with van der Waals surface area (Å²) >= 11 is 4.86. The molecule has 1 heterocycles. The molecule has 1 aliphatic rings. The summed E-state index contributed by atoms with van der Waals surface area (Å²) in [5.41, 5.74) is -1.25. The Morgan fingerprint density at radius 1 is 1.30 bits per heavy atom. The van der Waals surface area contributed by atoms with E-state index in [0.717, 1.165) is 6.07 Å². The number of hydrogen-bond acceptors (Lipinski definition) is 7. The third-order valence-corrected chi connectivity index (χ3v) is 6.37. The molecular formula is C13H20N2O9P2S. The van der Waals surface area contributed by atoms with E-state index in [1.165, 1.54) is 31.1 Å². The molecule has 0 amide bonds. The maximum Gasteiger partial charge on any atom is 0.348 e. The van der Waals surface area contributed by atoms with E-state index >= 15 is 0 Å². The molecule has 152 valence electrons. The van der Waals surface area contributed by atoms with E-state index in [9.17, 15) is 19.0 Å². The molecule has 11 nitrogen and oxygen atoms in total. The summed E-state index contributed by atoms with van der Waals surface area (Å²) in [6.07, 6.45) is 0.932. The molecule has 0 saturated heterocycles. The lowest BCUT2D eigenvalue weighted by Gasteiger charge is -2.28. The number of aromatic nitrogens is 2. The van der Waals surface area contributed by atoms with Crippen molar-refractivity contribution in [3.05, 3.63) is 45.0 Å². The van der Waals surface area contributed by atoms with Crippen molar-refractivity contribution in [1.82, 2.24) is 9.55 Å². The maximum atomic E-state index is 12.1. The first-order valence-corrected chi connectivity index (χ1v) is 11.9. The van der Waals surface area contributed by atoms with Crippen LogP contribution in [-0.4, -0.2) is 50.7 Å². The monoisotopic (exact) mass is 442 g/mol. The number of nitrogens with one attached hydrogen (secondary N) is 1. The number of methoxy groups -OCH3 is 1. The first-order chi connectivity index (χ1) is 12.5. The van der Waals surface area contributed by atoms with Gasteiger partial charge in [-0.3, -0.25) is 18.9 Å². The van der Waals surface area contributed by atoms with Crippen molar-refractivity contribution in [2.24, 2.45) is 5.92 Å². The number of hydrogen-bond donors (Lipinski definition) is 4. The molecule has 0 aromatic carbocycles. The van der Waals surface area contributed by atoms with Gasteiger partial charge in [0.25, 0.3) is 5.56 Å². The summed E-state index contributed by atoms with van der Waals surface area (Å²) in [6.45, 7) is -3.63. The summed E-state index contributed by atoms with van der Waals surface area (Å²) in [6, 6.07) is 0.511. The third-order valence-electron chi connectivity index (χ3n) is 4.13. The summed E-state index contributed by atoms with van der Waals surface area (Å²) in [4.78, 5) is 53.8. The Labute approximate surface area is 159 Å². The van der Waals surface area contributed by atoms with Crippen molar-refractivity contribution in [3.8, 4) is 0 Å². The van der Waals surface area contributed by atoms with Crippen LogP contribution < -0.4 is 11.2 Å². The first-order valence-electron chi connectivity index (χ1n) is 7.63. The lowest BCUT2D eigenvalue weighted by molar-refractivity contribution is -0.0125. The van der Waals surface area contributed by atoms with E-state index in [1.54, 1.807) is 0 Å². The van der Waals surface area contributed by atoms with Crippen LogP contribution in [0.3, 0.4) is 0 Å². The Kier molecular flexibility index (Phi) is 7.12. The standard InChI is InChI=1S/C13H20N2O9P2S/c1-22-12-9(15-5-3-10(16)14-13(15)17)7-8(4-6-25(18,19)20)11(12)24-26(21,27)23-2/h3-6,8-9,11-12H,7H2,1-2H3,(H,21,27)(H,14,16,17)(H2,18,19,20)/b6-4+/t8-,9+,11+,12-,26?/m0/s1. The number of ether oxygens (including phenoxy) is 1. The van der Waals surface area contributed by atoms with Gasteiger partial charge in [-0.25, -0.2) is 4.79 Å². The largest absolute Gasteiger partial charge is 0.377 e. The zero-order valence-corrected chi connectivity index (χ0v) is 17.0. The molecule has 0 radical (unpaired) electrons. The molecule has 0 aliphatic heterocycles. The van der Waals surface area contributed by atoms with Crippen LogP contribution in [0.2, 0.25) is 0 Å². The molecule has 0 spiro atoms. The van der Waals surface area contributed by atoms with Gasteiger partial charge in [0, 0.05) is 38.2 Å². The fourth-order valence-corrected chi connectivity index (χ4v) is 4.42. The van der Waals surface area contributed by atoms with Crippen LogP contribution in [-0.2, 0) is 30.2 Å². The van der Waals surface area contributed by atoms with Crippen LogP contribution >= 0.6 is 14.3 Å². The smallest absolute Gasteiger partial charge is 0.348 e. The zero-order chi connectivity index (χ0) is 20.4. The predicted octanol–water partition coefficient (Wildman–Crippen LogP) is 0.0524. The Balaban J connectivity index is 2.46. The minimum atomic E-state index is -4.44. The van der Waals surface area contributed by atoms with Gasteiger partial charge in [0.1, 0.15) is 12.2 Å². The predicted molar refractivity (Wildman–Crippen MR) is 98.8 cm³/mol. The second-order valence-electron chi connectivity index (χ2n) is 5.84. The minimum Gasteiger partial charge on any atom is -0.377 e. The highest BCUT2D eigenvalue weighted by molar-refractivity contribution is 8.07. The third kappa shape index (κ3) is 5.77. The van der Waals surface area contributed by atoms with Gasteiger partial charge in [-0.1, -0.05) is 6.08 Å². The maximum absolute atomic E-state index is 12.1. The van der Waals surface area contributed by atoms with Gasteiger partial charge in [-0.05, 0) is 18.2 Å². The Morgan fingerprint density at radius 3 is 2.48 bits per heavy atom. The molecule has 1 aromatic heterocycles. The molecule has 5 atom stereocenters. The molecule has 1 aromatic rings. The van der Waals surface area contributed by atoms with Gasteiger partial charge < -0.3 is 28.5 Å². The number of rotatable bonds is 7. The lowest BCUT2D eigenvalue weighted by atomic mass is 10.1. The number of aromatic amines is 1. The van der Waals surface area contributed by atoms with Crippen LogP contribution in [0.4, 0.5) is 0 Å². The van der Waals surface area contributed by atoms with Gasteiger partial charge in [0.05, 0.1) is 6.04 Å². The SMILES string of the molecule is CO[C@@H]1[C@H](OP(O)(=S)OC)[C@@H](/C=C/P(=O)(O)O)C[C@H]1n1ccc(=O)[nH]c1=O. The fourth-order valence-electron chi connectivity index (χ4n) is 3.01. The van der Waals surface area contributed by atoms with Crippen LogP contribution in [0.15, 0.2) is 33.7 Å². The van der Waals surface area contributed by atoms with E-state index in [4.69, 9.17) is 35.4 Å². The fraction of sp³-hybridized carbons (Fsp3) is 0.538. The number of H-pyrrole nitrogens is 1. The summed E-state index contributed by atoms with van der Waals surface area (Å²) in [5, 5.41) is 0. The molecule has 14 heteroatoms. The minimum absolute atomic E-state index is 0.171. The Hall–Kier alpha value is -0.940. The Bertz CT molecular complexity index is 908. The topological polar surface area (TPSA) is 160 Å². The van der Waals surface area contributed by atoms with Crippen LogP contribution in [0.25, 0.3) is 0 Å². The molecule has 1 unspecified atom stereocenters. The molecule has 2 rings (SSSR count). The Morgan fingerprint density at radius 2 is 1.96 bits per heavy atom. The second-order valence-corrected chi connectivity index (χ2v) is 10.2. The van der Waals surface area contributed by atoms with Gasteiger partial charge in [-0.15, -0.1) is 0 Å². The molecule has 1 aliphatic carbocycles. The van der Waals surface area contributed by atoms with Crippen molar-refractivity contribution in [3.63, 3.8) is 0 Å². The van der Waals surface area contributed by atoms with Crippen LogP contribution in [0.5, 0.6) is 0 Å². The number of nitrogens with zero attached hydrogens (tertiary/aromatic N) is 1. The molecule has 1 fully saturated rings. The van der Waals surface area contributed by atoms with E-state index in [0.29, 0.717) is 5.82 Å². The van der Waals surface area contributed by atoms with Crippen molar-refractivity contribution in [2.75, 3.05) is 14.2 Å². The van der Waals surface area contributed by atoms with Crippen LogP contribution in [0.1, 0.15) is 12.5 Å². The molecular weight excluding hydrogens is 422 g/mol. The highest BCUT2D eigenvalue weighted by Crippen LogP contribution is 2.51. The molecule has 0 bridgehead atoms. The second kappa shape index (κ2) is 8.60. The van der Waals surface area contributed by atoms with E-state index < -0.39 is 49.7 Å². The molecule has 4 N–H and O–H groups in total. The van der Waals surface area contributed by atoms with Gasteiger partial charge in [-0.2, -0.15) is 0 Å². The van der Waals surface area contributed by atoms with E-state index in [-0.39, 0.29) is 6.42 Å². The lowest BCUT2D eigenvalue weighted by Crippen LogP contribution is -2.38. The van der Waals surface area contributed by atoms with Gasteiger partial charge in [0.2, 0.25) is 0 Å². The van der Waals surface area contributed by atoms with Crippen molar-refractivity contribution >= 4 is 26.1 Å². The molecule has 27 heavy (non-hydrogen) atoms. The summed E-state index contributed by atoms with van der Waals surface area (Å²) in [7, 11) is -1.92. The molecule has 1 saturated carbocycles. The van der Waals surface area contributed by atoms with Gasteiger partial charge >= 0.3 is 20.0 Å². The summed E-state index contributed by atoms with van der Waals surface area (Å²) in [5.74, 6) is 0.0583. The van der Waals surface area contributed by atoms with Crippen molar-refractivity contribution < 1.29 is 33.0 Å².